The van der Waals surface area contributed by atoms with Crippen molar-refractivity contribution in [3.63, 3.8) is 0 Å². The normalized spacial score (nSPS) is 6.55. The van der Waals surface area contributed by atoms with Gasteiger partial charge in [0.25, 0.3) is 0 Å². The number of amides is 3. The molecule has 0 aromatic heterocycles. The van der Waals surface area contributed by atoms with Gasteiger partial charge in [-0.15, -0.1) is 0 Å². The number of aldehydes is 1. The zero-order valence-corrected chi connectivity index (χ0v) is 5.31. The summed E-state index contributed by atoms with van der Waals surface area (Å²) in [4.78, 5) is 36.6. The van der Waals surface area contributed by atoms with Crippen LogP contribution < -0.4 is 11.1 Å². The maximum atomic E-state index is 9.48. The quantitative estimate of drug-likeness (QED) is 0.322. The summed E-state index contributed by atoms with van der Waals surface area (Å²) in [5.41, 5.74) is 4.42. The number of hydrogen-bond donors (Lipinski definition) is 3. The summed E-state index contributed by atoms with van der Waals surface area (Å²) >= 11 is 0. The lowest BCUT2D eigenvalue weighted by atomic mass is 10.8. The summed E-state index contributed by atoms with van der Waals surface area (Å²) < 4.78 is 0. The topological polar surface area (TPSA) is 127 Å². The van der Waals surface area contributed by atoms with Gasteiger partial charge in [0.15, 0.2) is 0 Å². The van der Waals surface area contributed by atoms with Gasteiger partial charge < -0.3 is 10.8 Å². The number of aliphatic carboxylic acids is 1. The van der Waals surface area contributed by atoms with Gasteiger partial charge in [-0.25, -0.2) is 9.59 Å². The van der Waals surface area contributed by atoms with Crippen LogP contribution in [0.5, 0.6) is 0 Å². The van der Waals surface area contributed by atoms with Gasteiger partial charge in [0, 0.05) is 0 Å². The molecule has 0 aromatic rings. The molecule has 0 rings (SSSR count). The van der Waals surface area contributed by atoms with E-state index in [2.05, 4.69) is 5.73 Å². The van der Waals surface area contributed by atoms with Crippen LogP contribution >= 0.6 is 0 Å². The summed E-state index contributed by atoms with van der Waals surface area (Å²) in [5.74, 6) is -1.43. The zero-order chi connectivity index (χ0) is 9.28. The first-order valence-corrected chi connectivity index (χ1v) is 2.22. The number of nitrogens with two attached hydrogens (primary N) is 1. The molecular weight excluding hydrogens is 156 g/mol. The lowest BCUT2D eigenvalue weighted by Crippen LogP contribution is -2.27. The van der Waals surface area contributed by atoms with Gasteiger partial charge in [-0.3, -0.25) is 14.9 Å². The minimum Gasteiger partial charge on any atom is -0.476 e. The molecule has 0 aliphatic rings. The second-order valence-electron chi connectivity index (χ2n) is 1.08. The predicted molar refractivity (Wildman–Crippen MR) is 32.5 cm³/mol. The molecule has 0 saturated heterocycles. The molecule has 0 saturated carbocycles. The molecular formula is C4H6N2O5. The third-order valence-electron chi connectivity index (χ3n) is 0.302. The number of carbonyl (C=O) groups excluding carboxylic acids is 3. The molecule has 0 aliphatic heterocycles. The Morgan fingerprint density at radius 1 is 1.36 bits per heavy atom. The highest BCUT2D eigenvalue weighted by Crippen LogP contribution is 1.41. The molecule has 62 valence electrons. The molecule has 0 radical (unpaired) electrons. The number of carboxylic acid groups (broad SMARTS) is 1. The predicted octanol–water partition coefficient (Wildman–Crippen LogP) is -1.92. The van der Waals surface area contributed by atoms with Gasteiger partial charge in [-0.05, 0) is 0 Å². The van der Waals surface area contributed by atoms with Gasteiger partial charge in [0.2, 0.25) is 12.7 Å². The van der Waals surface area contributed by atoms with Crippen LogP contribution in [0.1, 0.15) is 0 Å². The Hall–Kier alpha value is -1.92. The number of hydrogen-bond acceptors (Lipinski definition) is 4. The van der Waals surface area contributed by atoms with Crippen molar-refractivity contribution < 1.29 is 24.3 Å². The molecule has 11 heavy (non-hydrogen) atoms. The first-order chi connectivity index (χ1) is 5.04. The molecule has 7 heteroatoms. The van der Waals surface area contributed by atoms with Gasteiger partial charge in [0.1, 0.15) is 0 Å². The molecule has 0 aromatic carbocycles. The molecule has 7 nitrogen and oxygen atoms in total. The molecule has 0 atom stereocenters. The Kier molecular flexibility index (Phi) is 8.69. The fraction of sp³-hybridized carbons (Fsp3) is 0. The lowest BCUT2D eigenvalue weighted by Gasteiger charge is -1.79. The first-order valence-electron chi connectivity index (χ1n) is 2.22. The second kappa shape index (κ2) is 8.08. The molecule has 0 heterocycles. The van der Waals surface area contributed by atoms with Crippen LogP contribution in [0, 0.1) is 0 Å². The number of carboxylic acids is 1. The number of carbonyl (C=O) groups is 4. The summed E-state index contributed by atoms with van der Waals surface area (Å²) in [7, 11) is 0. The van der Waals surface area contributed by atoms with Crippen LogP contribution in [0.25, 0.3) is 0 Å². The average Bonchev–Trinajstić information content (AvgIpc) is 1.89. The molecule has 0 bridgehead atoms. The summed E-state index contributed by atoms with van der Waals surface area (Å²) in [6, 6.07) is -0.829. The largest absolute Gasteiger partial charge is 0.476 e. The third-order valence-corrected chi connectivity index (χ3v) is 0.302. The van der Waals surface area contributed by atoms with Crippen molar-refractivity contribution in [2.45, 2.75) is 0 Å². The molecule has 0 aliphatic carbocycles. The number of primary amides is 1. The highest BCUT2D eigenvalue weighted by molar-refractivity contribution is 6.19. The van der Waals surface area contributed by atoms with E-state index in [0.717, 1.165) is 0 Å². The minimum absolute atomic E-state index is 0.167. The van der Waals surface area contributed by atoms with Crippen LogP contribution in [0.2, 0.25) is 0 Å². The van der Waals surface area contributed by atoms with Crippen molar-refractivity contribution in [2.24, 2.45) is 5.73 Å². The van der Waals surface area contributed by atoms with E-state index < -0.39 is 12.0 Å². The average molecular weight is 162 g/mol. The highest BCUT2D eigenvalue weighted by atomic mass is 16.4. The van der Waals surface area contributed by atoms with Crippen LogP contribution in [0.3, 0.4) is 0 Å². The molecule has 4 N–H and O–H groups in total. The Bertz CT molecular complexity index is 166. The molecule has 3 amide bonds. The van der Waals surface area contributed by atoms with Crippen LogP contribution in [-0.4, -0.2) is 29.8 Å². The van der Waals surface area contributed by atoms with Crippen molar-refractivity contribution in [1.82, 2.24) is 5.32 Å². The van der Waals surface area contributed by atoms with E-state index in [1.807, 2.05) is 0 Å². The number of urea groups is 1. The van der Waals surface area contributed by atoms with Gasteiger partial charge in [-0.1, -0.05) is 0 Å². The monoisotopic (exact) mass is 162 g/mol. The minimum atomic E-state index is -1.43. The fourth-order valence-corrected chi connectivity index (χ4v) is 0.0581. The summed E-state index contributed by atoms with van der Waals surface area (Å²) in [5, 5.41) is 9.02. The number of rotatable bonds is 2. The lowest BCUT2D eigenvalue weighted by molar-refractivity contribution is -0.143. The number of imide groups is 1. The van der Waals surface area contributed by atoms with Crippen LogP contribution in [0.4, 0.5) is 4.79 Å². The van der Waals surface area contributed by atoms with Crippen molar-refractivity contribution >= 4 is 24.7 Å². The smallest absolute Gasteiger partial charge is 0.368 e. The van der Waals surface area contributed by atoms with Crippen molar-refractivity contribution in [3.05, 3.63) is 0 Å². The fourth-order valence-electron chi connectivity index (χ4n) is 0.0581. The summed E-state index contributed by atoms with van der Waals surface area (Å²) in [6.07, 6.45) is 0.0579. The van der Waals surface area contributed by atoms with E-state index in [-0.39, 0.29) is 12.7 Å². The van der Waals surface area contributed by atoms with Crippen LogP contribution in [0.15, 0.2) is 0 Å². The van der Waals surface area contributed by atoms with E-state index in [4.69, 9.17) is 14.7 Å². The van der Waals surface area contributed by atoms with Crippen LogP contribution in [-0.2, 0) is 14.4 Å². The maximum Gasteiger partial charge on any atom is 0.368 e. The van der Waals surface area contributed by atoms with E-state index in [1.165, 1.54) is 0 Å². The Labute approximate surface area is 61.2 Å². The van der Waals surface area contributed by atoms with E-state index in [0.29, 0.717) is 0 Å². The Morgan fingerprint density at radius 2 is 1.73 bits per heavy atom. The third kappa shape index (κ3) is 31.5. The van der Waals surface area contributed by atoms with Gasteiger partial charge >= 0.3 is 12.0 Å². The zero-order valence-electron chi connectivity index (χ0n) is 5.31. The SMILES string of the molecule is NC(=O)NC=O.O=CC(=O)O. The molecule has 0 spiro atoms. The summed E-state index contributed by atoms with van der Waals surface area (Å²) in [6.45, 7) is 0. The van der Waals surface area contributed by atoms with Gasteiger partial charge in [-0.2, -0.15) is 0 Å². The number of nitrogens with one attached hydrogen (secondary N) is 1. The first kappa shape index (κ1) is 11.8. The van der Waals surface area contributed by atoms with E-state index in [1.54, 1.807) is 5.32 Å². The second-order valence-corrected chi connectivity index (χ2v) is 1.08. The maximum absolute atomic E-state index is 9.48. The van der Waals surface area contributed by atoms with Crippen molar-refractivity contribution in [1.29, 1.82) is 0 Å². The van der Waals surface area contributed by atoms with Gasteiger partial charge in [0.05, 0.1) is 0 Å². The van der Waals surface area contributed by atoms with E-state index >= 15 is 0 Å². The molecule has 0 unspecified atom stereocenters. The Morgan fingerprint density at radius 3 is 1.73 bits per heavy atom. The van der Waals surface area contributed by atoms with Crippen molar-refractivity contribution in [2.75, 3.05) is 0 Å². The van der Waals surface area contributed by atoms with E-state index in [9.17, 15) is 9.59 Å². The molecule has 0 fully saturated rings. The van der Waals surface area contributed by atoms with Crippen molar-refractivity contribution in [3.8, 4) is 0 Å². The standard InChI is InChI=1S/C2H4N2O2.C2H2O3/c3-2(6)4-1-5;3-1-2(4)5/h1H,(H3,3,4,5,6);1H,(H,4,5). The highest BCUT2D eigenvalue weighted by Gasteiger charge is 1.80. The Balaban J connectivity index is 0.